The number of rotatable bonds is 6. The summed E-state index contributed by atoms with van der Waals surface area (Å²) in [5, 5.41) is 5.83. The summed E-state index contributed by atoms with van der Waals surface area (Å²) < 4.78 is 2.39. The van der Waals surface area contributed by atoms with E-state index in [0.29, 0.717) is 0 Å². The molecule has 0 spiro atoms. The van der Waals surface area contributed by atoms with Crippen LogP contribution in [-0.4, -0.2) is 14.5 Å². The molecule has 8 rings (SSSR count). The predicted molar refractivity (Wildman–Crippen MR) is 200 cm³/mol. The van der Waals surface area contributed by atoms with E-state index in [1.807, 2.05) is 19.9 Å². The van der Waals surface area contributed by atoms with Gasteiger partial charge in [-0.15, -0.1) is 0 Å². The Morgan fingerprint density at radius 1 is 0.617 bits per heavy atom. The van der Waals surface area contributed by atoms with Crippen molar-refractivity contribution < 1.29 is 0 Å². The number of hydrogen-bond acceptors (Lipinski definition) is 2. The largest absolute Gasteiger partial charge is 0.309 e. The Morgan fingerprint density at radius 2 is 1.38 bits per heavy atom. The van der Waals surface area contributed by atoms with Crippen LogP contribution in [0.4, 0.5) is 0 Å². The van der Waals surface area contributed by atoms with Crippen molar-refractivity contribution in [2.45, 2.75) is 27.2 Å². The van der Waals surface area contributed by atoms with Crippen molar-refractivity contribution in [3.05, 3.63) is 157 Å². The van der Waals surface area contributed by atoms with Crippen LogP contribution in [0.2, 0.25) is 0 Å². The second kappa shape index (κ2) is 11.9. The molecule has 8 aromatic rings. The van der Waals surface area contributed by atoms with Crippen molar-refractivity contribution in [3.8, 4) is 28.1 Å². The first-order chi connectivity index (χ1) is 23.2. The molecule has 0 aliphatic rings. The molecule has 2 aromatic heterocycles. The first-order valence-electron chi connectivity index (χ1n) is 16.4. The lowest BCUT2D eigenvalue weighted by Crippen LogP contribution is -1.99. The fraction of sp³-hybridized carbons (Fsp3) is 0.0909. The van der Waals surface area contributed by atoms with Gasteiger partial charge in [-0.3, -0.25) is 0 Å². The summed E-state index contributed by atoms with van der Waals surface area (Å²) >= 11 is 0. The molecule has 0 unspecified atom stereocenters. The normalized spacial score (nSPS) is 12.3. The van der Waals surface area contributed by atoms with E-state index in [4.69, 9.17) is 9.97 Å². The molecule has 0 bridgehead atoms. The van der Waals surface area contributed by atoms with E-state index in [2.05, 4.69) is 151 Å². The van der Waals surface area contributed by atoms with Crippen molar-refractivity contribution in [1.82, 2.24) is 14.5 Å². The van der Waals surface area contributed by atoms with Gasteiger partial charge < -0.3 is 4.57 Å². The molecule has 0 aliphatic carbocycles. The summed E-state index contributed by atoms with van der Waals surface area (Å²) in [7, 11) is 0. The SMILES string of the molecule is C/C=C\C(=C/C)c1nc(-c2cccc(-n3c4ccccc4c4cc(-c5cccc(CC)c5)ccc43)c2)c2ccc3ccccc3c2n1. The molecule has 2 heterocycles. The molecule has 0 atom stereocenters. The van der Waals surface area contributed by atoms with Gasteiger partial charge in [0.25, 0.3) is 0 Å². The lowest BCUT2D eigenvalue weighted by Gasteiger charge is -2.14. The van der Waals surface area contributed by atoms with E-state index < -0.39 is 0 Å². The van der Waals surface area contributed by atoms with Gasteiger partial charge in [-0.1, -0.05) is 116 Å². The minimum Gasteiger partial charge on any atom is -0.309 e. The van der Waals surface area contributed by atoms with Gasteiger partial charge in [-0.05, 0) is 78.7 Å². The highest BCUT2D eigenvalue weighted by Gasteiger charge is 2.17. The highest BCUT2D eigenvalue weighted by Crippen LogP contribution is 2.37. The van der Waals surface area contributed by atoms with Crippen LogP contribution in [-0.2, 0) is 6.42 Å². The number of aromatic nitrogens is 3. The lowest BCUT2D eigenvalue weighted by molar-refractivity contribution is 1.14. The number of nitrogens with zero attached hydrogens (tertiary/aromatic N) is 3. The van der Waals surface area contributed by atoms with Crippen LogP contribution in [0.5, 0.6) is 0 Å². The van der Waals surface area contributed by atoms with E-state index in [1.165, 1.54) is 43.9 Å². The number of aryl methyl sites for hydroxylation is 1. The van der Waals surface area contributed by atoms with Crippen LogP contribution in [0, 0.1) is 0 Å². The highest BCUT2D eigenvalue weighted by molar-refractivity contribution is 6.11. The zero-order valence-corrected chi connectivity index (χ0v) is 26.9. The molecule has 0 saturated carbocycles. The predicted octanol–water partition coefficient (Wildman–Crippen LogP) is 11.8. The smallest absolute Gasteiger partial charge is 0.160 e. The molecule has 0 aliphatic heterocycles. The van der Waals surface area contributed by atoms with E-state index in [9.17, 15) is 0 Å². The van der Waals surface area contributed by atoms with Crippen LogP contribution in [0.25, 0.3) is 77.1 Å². The van der Waals surface area contributed by atoms with Gasteiger partial charge >= 0.3 is 0 Å². The molecule has 3 nitrogen and oxygen atoms in total. The van der Waals surface area contributed by atoms with E-state index in [1.54, 1.807) is 0 Å². The van der Waals surface area contributed by atoms with E-state index in [0.717, 1.165) is 51.1 Å². The minimum absolute atomic E-state index is 0.728. The maximum Gasteiger partial charge on any atom is 0.160 e. The van der Waals surface area contributed by atoms with Crippen molar-refractivity contribution in [2.75, 3.05) is 0 Å². The molecular formula is C44H35N3. The average molecular weight is 606 g/mol. The molecular weight excluding hydrogens is 571 g/mol. The highest BCUT2D eigenvalue weighted by atomic mass is 15.0. The zero-order chi connectivity index (χ0) is 31.9. The van der Waals surface area contributed by atoms with Crippen LogP contribution in [0.3, 0.4) is 0 Å². The van der Waals surface area contributed by atoms with E-state index in [-0.39, 0.29) is 0 Å². The maximum absolute atomic E-state index is 5.23. The summed E-state index contributed by atoms with van der Waals surface area (Å²) in [5.41, 5.74) is 11.3. The fourth-order valence-electron chi connectivity index (χ4n) is 6.89. The Hall–Kier alpha value is -5.80. The summed E-state index contributed by atoms with van der Waals surface area (Å²) in [6.07, 6.45) is 7.23. The molecule has 0 saturated heterocycles. The van der Waals surface area contributed by atoms with E-state index >= 15 is 0 Å². The summed E-state index contributed by atoms with van der Waals surface area (Å²) in [6.45, 7) is 6.28. The topological polar surface area (TPSA) is 30.7 Å². The van der Waals surface area contributed by atoms with Crippen molar-refractivity contribution in [2.24, 2.45) is 0 Å². The third-order valence-electron chi connectivity index (χ3n) is 9.23. The number of hydrogen-bond donors (Lipinski definition) is 0. The first-order valence-corrected chi connectivity index (χ1v) is 16.4. The third-order valence-corrected chi connectivity index (χ3v) is 9.23. The standard InChI is InChI=1S/C44H35N3/c1-4-13-30(6-3)44-45-42(38-24-22-31-15-7-8-19-36(31)43(38)46-44)34-17-12-18-35(27-34)47-40-21-10-9-20-37(40)39-28-33(23-25-41(39)47)32-16-11-14-29(5-2)26-32/h4,6-28H,5H2,1-3H3/b13-4-,30-6+. The zero-order valence-electron chi connectivity index (χ0n) is 26.9. The molecule has 226 valence electrons. The molecule has 0 N–H and O–H groups in total. The number of para-hydroxylation sites is 1. The van der Waals surface area contributed by atoms with Gasteiger partial charge in [0.15, 0.2) is 5.82 Å². The summed E-state index contributed by atoms with van der Waals surface area (Å²) in [5.74, 6) is 0.728. The first kappa shape index (κ1) is 28.7. The molecule has 0 amide bonds. The van der Waals surface area contributed by atoms with Gasteiger partial charge in [0.1, 0.15) is 0 Å². The maximum atomic E-state index is 5.23. The Morgan fingerprint density at radius 3 is 2.23 bits per heavy atom. The van der Waals surface area contributed by atoms with Crippen LogP contribution >= 0.6 is 0 Å². The van der Waals surface area contributed by atoms with Crippen molar-refractivity contribution >= 4 is 49.1 Å². The molecule has 6 aromatic carbocycles. The average Bonchev–Trinajstić information content (AvgIpc) is 3.47. The molecule has 0 fully saturated rings. The molecule has 3 heteroatoms. The van der Waals surface area contributed by atoms with Gasteiger partial charge in [0.2, 0.25) is 0 Å². The quantitative estimate of drug-likeness (QED) is 0.139. The molecule has 47 heavy (non-hydrogen) atoms. The Kier molecular flexibility index (Phi) is 7.23. The Bertz CT molecular complexity index is 2530. The van der Waals surface area contributed by atoms with Crippen LogP contribution in [0.15, 0.2) is 146 Å². The Balaban J connectivity index is 1.35. The number of benzene rings is 6. The van der Waals surface area contributed by atoms with Crippen molar-refractivity contribution in [1.29, 1.82) is 0 Å². The molecule has 0 radical (unpaired) electrons. The summed E-state index contributed by atoms with van der Waals surface area (Å²) in [4.78, 5) is 10.4. The van der Waals surface area contributed by atoms with Crippen molar-refractivity contribution in [3.63, 3.8) is 0 Å². The number of fused-ring (bicyclic) bond motifs is 6. The fourth-order valence-corrected chi connectivity index (χ4v) is 6.89. The second-order valence-corrected chi connectivity index (χ2v) is 12.0. The van der Waals surface area contributed by atoms with Crippen LogP contribution < -0.4 is 0 Å². The van der Waals surface area contributed by atoms with Gasteiger partial charge in [-0.2, -0.15) is 0 Å². The van der Waals surface area contributed by atoms with Gasteiger partial charge in [0.05, 0.1) is 22.2 Å². The van der Waals surface area contributed by atoms with Gasteiger partial charge in [0, 0.05) is 38.4 Å². The number of allylic oxidation sites excluding steroid dienone is 4. The second-order valence-electron chi connectivity index (χ2n) is 12.0. The monoisotopic (exact) mass is 605 g/mol. The third kappa shape index (κ3) is 4.92. The van der Waals surface area contributed by atoms with Crippen LogP contribution in [0.1, 0.15) is 32.2 Å². The summed E-state index contributed by atoms with van der Waals surface area (Å²) in [6, 6.07) is 46.1. The van der Waals surface area contributed by atoms with Gasteiger partial charge in [-0.25, -0.2) is 9.97 Å². The minimum atomic E-state index is 0.728. The lowest BCUT2D eigenvalue weighted by atomic mass is 10.00. The Labute approximate surface area is 275 Å².